The van der Waals surface area contributed by atoms with Crippen molar-refractivity contribution in [3.63, 3.8) is 0 Å². The molecular weight excluding hydrogens is 400 g/mol. The van der Waals surface area contributed by atoms with E-state index < -0.39 is 10.0 Å². The summed E-state index contributed by atoms with van der Waals surface area (Å²) in [5.41, 5.74) is 7.33. The number of ether oxygens (including phenoxy) is 1. The zero-order chi connectivity index (χ0) is 20.1. The lowest BCUT2D eigenvalue weighted by Gasteiger charge is -2.12. The summed E-state index contributed by atoms with van der Waals surface area (Å²) in [6.07, 6.45) is 6.79. The molecule has 3 N–H and O–H groups in total. The molecular formula is C19H17ClN4O3S. The van der Waals surface area contributed by atoms with Gasteiger partial charge < -0.3 is 10.5 Å². The molecule has 0 bridgehead atoms. The summed E-state index contributed by atoms with van der Waals surface area (Å²) in [7, 11) is -2.32. The molecule has 144 valence electrons. The van der Waals surface area contributed by atoms with Crippen LogP contribution in [0.2, 0.25) is 5.02 Å². The van der Waals surface area contributed by atoms with E-state index in [0.29, 0.717) is 11.4 Å². The summed E-state index contributed by atoms with van der Waals surface area (Å²) in [5, 5.41) is 0.146. The molecule has 0 radical (unpaired) electrons. The van der Waals surface area contributed by atoms with Crippen LogP contribution in [0.3, 0.4) is 0 Å². The Bertz CT molecular complexity index is 1120. The van der Waals surface area contributed by atoms with Gasteiger partial charge in [0, 0.05) is 29.6 Å². The van der Waals surface area contributed by atoms with Crippen LogP contribution in [0.1, 0.15) is 11.1 Å². The summed E-state index contributed by atoms with van der Waals surface area (Å²) in [6.45, 7) is 0. The van der Waals surface area contributed by atoms with E-state index in [9.17, 15) is 8.42 Å². The number of nitrogen functional groups attached to an aromatic ring is 1. The molecule has 3 rings (SSSR count). The van der Waals surface area contributed by atoms with Crippen LogP contribution in [0, 0.1) is 0 Å². The quantitative estimate of drug-likeness (QED) is 0.634. The topological polar surface area (TPSA) is 107 Å². The fourth-order valence-electron chi connectivity index (χ4n) is 2.41. The Labute approximate surface area is 167 Å². The number of aromatic nitrogens is 2. The smallest absolute Gasteiger partial charge is 0.263 e. The van der Waals surface area contributed by atoms with Crippen LogP contribution in [0.4, 0.5) is 11.6 Å². The second kappa shape index (κ2) is 8.28. The number of benzene rings is 2. The molecule has 9 heteroatoms. The maximum Gasteiger partial charge on any atom is 0.263 e. The maximum absolute atomic E-state index is 12.6. The van der Waals surface area contributed by atoms with Gasteiger partial charge in [0.15, 0.2) is 0 Å². The highest BCUT2D eigenvalue weighted by Gasteiger charge is 2.18. The summed E-state index contributed by atoms with van der Waals surface area (Å²) < 4.78 is 33.0. The van der Waals surface area contributed by atoms with E-state index in [1.165, 1.54) is 19.2 Å². The number of nitrogens with zero attached hydrogens (tertiary/aromatic N) is 2. The van der Waals surface area contributed by atoms with Gasteiger partial charge in [-0.2, -0.15) is 0 Å². The van der Waals surface area contributed by atoms with Gasteiger partial charge >= 0.3 is 0 Å². The van der Waals surface area contributed by atoms with Gasteiger partial charge in [-0.1, -0.05) is 35.9 Å². The largest absolute Gasteiger partial charge is 0.496 e. The van der Waals surface area contributed by atoms with E-state index in [1.807, 2.05) is 0 Å². The molecule has 0 fully saturated rings. The monoisotopic (exact) mass is 416 g/mol. The number of anilines is 2. The predicted octanol–water partition coefficient (Wildman–Crippen LogP) is 3.69. The van der Waals surface area contributed by atoms with Crippen molar-refractivity contribution >= 4 is 45.4 Å². The van der Waals surface area contributed by atoms with Gasteiger partial charge in [0.25, 0.3) is 10.0 Å². The van der Waals surface area contributed by atoms with Crippen LogP contribution in [0.5, 0.6) is 5.75 Å². The lowest BCUT2D eigenvalue weighted by atomic mass is 10.1. The van der Waals surface area contributed by atoms with E-state index in [0.717, 1.165) is 11.1 Å². The van der Waals surface area contributed by atoms with Crippen molar-refractivity contribution < 1.29 is 13.2 Å². The maximum atomic E-state index is 12.6. The van der Waals surface area contributed by atoms with Crippen LogP contribution in [0.25, 0.3) is 12.2 Å². The second-order valence-corrected chi connectivity index (χ2v) is 7.76. The first-order valence-corrected chi connectivity index (χ1v) is 9.96. The molecule has 7 nitrogen and oxygen atoms in total. The molecule has 0 spiro atoms. The highest BCUT2D eigenvalue weighted by Crippen LogP contribution is 2.28. The molecule has 0 saturated heterocycles. The van der Waals surface area contributed by atoms with E-state index in [1.54, 1.807) is 54.9 Å². The highest BCUT2D eigenvalue weighted by atomic mass is 35.5. The number of methoxy groups -OCH3 is 1. The lowest BCUT2D eigenvalue weighted by Crippen LogP contribution is -2.13. The number of hydrogen-bond acceptors (Lipinski definition) is 6. The fraction of sp³-hybridized carbons (Fsp3) is 0.0526. The molecule has 1 aromatic heterocycles. The standard InChI is InChI=1S/C19H17ClN4O3S/c1-27-17-10-15(24-28(25,26)18-5-3-2-4-16(18)20)9-8-14(17)7-6-13-11-22-19(21)23-12-13/h2-12,24H,1H3,(H2,21,22,23)/b7-6+. The van der Waals surface area contributed by atoms with Gasteiger partial charge in [-0.05, 0) is 24.3 Å². The Morgan fingerprint density at radius 3 is 2.50 bits per heavy atom. The first-order chi connectivity index (χ1) is 13.4. The zero-order valence-electron chi connectivity index (χ0n) is 14.8. The van der Waals surface area contributed by atoms with Gasteiger partial charge in [0.2, 0.25) is 5.95 Å². The van der Waals surface area contributed by atoms with Gasteiger partial charge in [0.05, 0.1) is 17.8 Å². The summed E-state index contributed by atoms with van der Waals surface area (Å²) >= 11 is 6.00. The molecule has 0 amide bonds. The molecule has 0 atom stereocenters. The molecule has 3 aromatic rings. The number of nitrogens with one attached hydrogen (secondary N) is 1. The van der Waals surface area contributed by atoms with Crippen LogP contribution >= 0.6 is 11.6 Å². The van der Waals surface area contributed by atoms with Crippen LogP contribution < -0.4 is 15.2 Å². The minimum absolute atomic E-state index is 0.00274. The third-order valence-corrected chi connectivity index (χ3v) is 5.64. The summed E-state index contributed by atoms with van der Waals surface area (Å²) in [6, 6.07) is 11.2. The minimum Gasteiger partial charge on any atom is -0.496 e. The molecule has 0 saturated carbocycles. The average Bonchev–Trinajstić information content (AvgIpc) is 2.68. The fourth-order valence-corrected chi connectivity index (χ4v) is 3.98. The SMILES string of the molecule is COc1cc(NS(=O)(=O)c2ccccc2Cl)ccc1/C=C/c1cnc(N)nc1. The Morgan fingerprint density at radius 2 is 1.82 bits per heavy atom. The third-order valence-electron chi connectivity index (χ3n) is 3.76. The lowest BCUT2D eigenvalue weighted by molar-refractivity contribution is 0.414. The summed E-state index contributed by atoms with van der Waals surface area (Å²) in [4.78, 5) is 7.84. The zero-order valence-corrected chi connectivity index (χ0v) is 16.4. The van der Waals surface area contributed by atoms with Crippen molar-refractivity contribution in [3.8, 4) is 5.75 Å². The predicted molar refractivity (Wildman–Crippen MR) is 111 cm³/mol. The molecule has 2 aromatic carbocycles. The molecule has 28 heavy (non-hydrogen) atoms. The van der Waals surface area contributed by atoms with E-state index in [-0.39, 0.29) is 15.9 Å². The Hall–Kier alpha value is -3.10. The summed E-state index contributed by atoms with van der Waals surface area (Å²) in [5.74, 6) is 0.692. The third kappa shape index (κ3) is 4.59. The van der Waals surface area contributed by atoms with Crippen molar-refractivity contribution in [3.05, 3.63) is 71.0 Å². The number of rotatable bonds is 6. The van der Waals surface area contributed by atoms with E-state index in [4.69, 9.17) is 22.1 Å². The molecule has 0 aliphatic carbocycles. The Morgan fingerprint density at radius 1 is 1.11 bits per heavy atom. The molecule has 0 unspecified atom stereocenters. The Balaban J connectivity index is 1.85. The Kier molecular flexibility index (Phi) is 5.81. The number of sulfonamides is 1. The van der Waals surface area contributed by atoms with Gasteiger partial charge in [-0.3, -0.25) is 4.72 Å². The number of hydrogen-bond donors (Lipinski definition) is 2. The molecule has 0 aliphatic heterocycles. The van der Waals surface area contributed by atoms with Crippen LogP contribution in [-0.2, 0) is 10.0 Å². The highest BCUT2D eigenvalue weighted by molar-refractivity contribution is 7.92. The van der Waals surface area contributed by atoms with E-state index >= 15 is 0 Å². The number of nitrogens with two attached hydrogens (primary N) is 1. The minimum atomic E-state index is -3.83. The molecule has 0 aliphatic rings. The van der Waals surface area contributed by atoms with E-state index in [2.05, 4.69) is 14.7 Å². The first kappa shape index (κ1) is 19.7. The van der Waals surface area contributed by atoms with Gasteiger partial charge in [0.1, 0.15) is 10.6 Å². The normalized spacial score (nSPS) is 11.5. The van der Waals surface area contributed by atoms with Crippen molar-refractivity contribution in [1.29, 1.82) is 0 Å². The van der Waals surface area contributed by atoms with Crippen molar-refractivity contribution in [2.45, 2.75) is 4.90 Å². The van der Waals surface area contributed by atoms with Crippen LogP contribution in [0.15, 0.2) is 59.8 Å². The second-order valence-electron chi connectivity index (χ2n) is 5.70. The van der Waals surface area contributed by atoms with Crippen molar-refractivity contribution in [2.75, 3.05) is 17.6 Å². The number of halogens is 1. The van der Waals surface area contributed by atoms with Crippen molar-refractivity contribution in [1.82, 2.24) is 9.97 Å². The first-order valence-electron chi connectivity index (χ1n) is 8.10. The average molecular weight is 417 g/mol. The van der Waals surface area contributed by atoms with Crippen molar-refractivity contribution in [2.24, 2.45) is 0 Å². The van der Waals surface area contributed by atoms with Crippen LogP contribution in [-0.4, -0.2) is 25.5 Å². The van der Waals surface area contributed by atoms with Gasteiger partial charge in [-0.15, -0.1) is 0 Å². The molecule has 1 heterocycles. The van der Waals surface area contributed by atoms with Gasteiger partial charge in [-0.25, -0.2) is 18.4 Å².